The highest BCUT2D eigenvalue weighted by molar-refractivity contribution is 5.99. The SMILES string of the molecule is CCOC(=O)N1CCN(C(=O)c2cnoc2-c2ccc(F)c(F)c2)CC1. The van der Waals surface area contributed by atoms with Crippen LogP contribution >= 0.6 is 0 Å². The lowest BCUT2D eigenvalue weighted by atomic mass is 10.1. The van der Waals surface area contributed by atoms with Gasteiger partial charge in [-0.2, -0.15) is 0 Å². The number of hydrogen-bond acceptors (Lipinski definition) is 5. The van der Waals surface area contributed by atoms with Gasteiger partial charge in [-0.15, -0.1) is 0 Å². The molecule has 0 unspecified atom stereocenters. The highest BCUT2D eigenvalue weighted by atomic mass is 19.2. The fraction of sp³-hybridized carbons (Fsp3) is 0.353. The van der Waals surface area contributed by atoms with E-state index in [0.717, 1.165) is 12.1 Å². The molecule has 0 bridgehead atoms. The van der Waals surface area contributed by atoms with Gasteiger partial charge < -0.3 is 19.1 Å². The van der Waals surface area contributed by atoms with Crippen LogP contribution in [0.5, 0.6) is 0 Å². The molecule has 1 aliphatic heterocycles. The number of hydrogen-bond donors (Lipinski definition) is 0. The van der Waals surface area contributed by atoms with Gasteiger partial charge in [0.25, 0.3) is 5.91 Å². The van der Waals surface area contributed by atoms with E-state index >= 15 is 0 Å². The summed E-state index contributed by atoms with van der Waals surface area (Å²) in [7, 11) is 0. The molecule has 3 rings (SSSR count). The summed E-state index contributed by atoms with van der Waals surface area (Å²) in [5.41, 5.74) is 0.371. The summed E-state index contributed by atoms with van der Waals surface area (Å²) in [5.74, 6) is -2.31. The van der Waals surface area contributed by atoms with Crippen LogP contribution in [0.1, 0.15) is 17.3 Å². The summed E-state index contributed by atoms with van der Waals surface area (Å²) in [4.78, 5) is 27.5. The minimum Gasteiger partial charge on any atom is -0.450 e. The standard InChI is InChI=1S/C17H17F2N3O4/c1-2-25-17(24)22-7-5-21(6-8-22)16(23)12-10-20-26-15(12)11-3-4-13(18)14(19)9-11/h3-4,9-10H,2,5-8H2,1H3. The molecule has 2 amide bonds. The molecule has 0 atom stereocenters. The maximum absolute atomic E-state index is 13.5. The number of piperazine rings is 1. The number of amides is 2. The van der Waals surface area contributed by atoms with Crippen molar-refractivity contribution in [1.82, 2.24) is 15.0 Å². The quantitative estimate of drug-likeness (QED) is 0.836. The van der Waals surface area contributed by atoms with Crippen LogP contribution in [0.3, 0.4) is 0 Å². The van der Waals surface area contributed by atoms with Gasteiger partial charge in [0, 0.05) is 31.7 Å². The third kappa shape index (κ3) is 3.51. The first-order valence-corrected chi connectivity index (χ1v) is 8.12. The molecule has 1 aromatic carbocycles. The summed E-state index contributed by atoms with van der Waals surface area (Å²) in [6.07, 6.45) is 0.837. The van der Waals surface area contributed by atoms with Crippen LogP contribution < -0.4 is 0 Å². The van der Waals surface area contributed by atoms with Gasteiger partial charge >= 0.3 is 6.09 Å². The van der Waals surface area contributed by atoms with Crippen molar-refractivity contribution in [2.75, 3.05) is 32.8 Å². The molecule has 1 aliphatic rings. The number of carbonyl (C=O) groups is 2. The molecule has 2 aromatic rings. The Hall–Kier alpha value is -2.97. The number of benzene rings is 1. The summed E-state index contributed by atoms with van der Waals surface area (Å²) >= 11 is 0. The Morgan fingerprint density at radius 3 is 2.50 bits per heavy atom. The van der Waals surface area contributed by atoms with Crippen molar-refractivity contribution < 1.29 is 27.6 Å². The molecule has 1 fully saturated rings. The van der Waals surface area contributed by atoms with Gasteiger partial charge in [0.15, 0.2) is 17.4 Å². The lowest BCUT2D eigenvalue weighted by Crippen LogP contribution is -2.50. The van der Waals surface area contributed by atoms with Gasteiger partial charge in [-0.25, -0.2) is 13.6 Å². The van der Waals surface area contributed by atoms with Gasteiger partial charge in [0.05, 0.1) is 12.8 Å². The zero-order valence-electron chi connectivity index (χ0n) is 14.1. The molecule has 7 nitrogen and oxygen atoms in total. The van der Waals surface area contributed by atoms with E-state index in [1.807, 2.05) is 0 Å². The number of aromatic nitrogens is 1. The molecule has 0 saturated carbocycles. The molecule has 1 saturated heterocycles. The predicted octanol–water partition coefficient (Wildman–Crippen LogP) is 2.53. The molecule has 0 spiro atoms. The van der Waals surface area contributed by atoms with E-state index in [4.69, 9.17) is 9.26 Å². The van der Waals surface area contributed by atoms with E-state index in [2.05, 4.69) is 5.16 Å². The Kier molecular flexibility index (Phi) is 5.15. The number of ether oxygens (including phenoxy) is 1. The van der Waals surface area contributed by atoms with Gasteiger partial charge in [-0.3, -0.25) is 4.79 Å². The average Bonchev–Trinajstić information content (AvgIpc) is 3.13. The van der Waals surface area contributed by atoms with Crippen molar-refractivity contribution >= 4 is 12.0 Å². The topological polar surface area (TPSA) is 75.9 Å². The number of carbonyl (C=O) groups excluding carboxylic acids is 2. The second-order valence-electron chi connectivity index (χ2n) is 5.68. The maximum atomic E-state index is 13.5. The minimum atomic E-state index is -1.04. The fourth-order valence-electron chi connectivity index (χ4n) is 2.71. The van der Waals surface area contributed by atoms with Crippen molar-refractivity contribution in [3.05, 3.63) is 41.6 Å². The second kappa shape index (κ2) is 7.51. The normalized spacial score (nSPS) is 14.4. The predicted molar refractivity (Wildman–Crippen MR) is 86.4 cm³/mol. The summed E-state index contributed by atoms with van der Waals surface area (Å²) in [5, 5.41) is 3.61. The van der Waals surface area contributed by atoms with Crippen LogP contribution in [-0.2, 0) is 4.74 Å². The smallest absolute Gasteiger partial charge is 0.409 e. The highest BCUT2D eigenvalue weighted by Gasteiger charge is 2.28. The molecular weight excluding hydrogens is 348 g/mol. The zero-order valence-corrected chi connectivity index (χ0v) is 14.1. The monoisotopic (exact) mass is 365 g/mol. The maximum Gasteiger partial charge on any atom is 0.409 e. The van der Waals surface area contributed by atoms with Crippen molar-refractivity contribution in [1.29, 1.82) is 0 Å². The van der Waals surface area contributed by atoms with E-state index < -0.39 is 17.7 Å². The Balaban J connectivity index is 1.73. The van der Waals surface area contributed by atoms with Crippen LogP contribution in [0, 0.1) is 11.6 Å². The van der Waals surface area contributed by atoms with E-state index in [-0.39, 0.29) is 29.4 Å². The Morgan fingerprint density at radius 2 is 1.85 bits per heavy atom. The molecule has 138 valence electrons. The van der Waals surface area contributed by atoms with Crippen LogP contribution in [0.25, 0.3) is 11.3 Å². The lowest BCUT2D eigenvalue weighted by molar-refractivity contribution is 0.0570. The molecule has 1 aromatic heterocycles. The fourth-order valence-corrected chi connectivity index (χ4v) is 2.71. The molecular formula is C17H17F2N3O4. The number of rotatable bonds is 3. The summed E-state index contributed by atoms with van der Waals surface area (Å²) in [6.45, 7) is 3.34. The van der Waals surface area contributed by atoms with Gasteiger partial charge in [-0.05, 0) is 25.1 Å². The van der Waals surface area contributed by atoms with Crippen molar-refractivity contribution in [3.8, 4) is 11.3 Å². The molecule has 9 heteroatoms. The van der Waals surface area contributed by atoms with Crippen LogP contribution in [0.15, 0.2) is 28.9 Å². The van der Waals surface area contributed by atoms with Crippen LogP contribution in [0.2, 0.25) is 0 Å². The Morgan fingerprint density at radius 1 is 1.15 bits per heavy atom. The van der Waals surface area contributed by atoms with Crippen LogP contribution in [0.4, 0.5) is 13.6 Å². The summed E-state index contributed by atoms with van der Waals surface area (Å²) < 4.78 is 36.6. The Labute approximate surface area is 148 Å². The van der Waals surface area contributed by atoms with Gasteiger partial charge in [-0.1, -0.05) is 5.16 Å². The second-order valence-corrected chi connectivity index (χ2v) is 5.68. The van der Waals surface area contributed by atoms with E-state index in [1.165, 1.54) is 17.2 Å². The molecule has 2 heterocycles. The number of halogens is 2. The third-order valence-electron chi connectivity index (χ3n) is 4.08. The molecule has 0 radical (unpaired) electrons. The molecule has 26 heavy (non-hydrogen) atoms. The lowest BCUT2D eigenvalue weighted by Gasteiger charge is -2.33. The first-order chi connectivity index (χ1) is 12.5. The van der Waals surface area contributed by atoms with Crippen molar-refractivity contribution in [3.63, 3.8) is 0 Å². The van der Waals surface area contributed by atoms with Crippen molar-refractivity contribution in [2.45, 2.75) is 6.92 Å². The average molecular weight is 365 g/mol. The van der Waals surface area contributed by atoms with E-state index in [1.54, 1.807) is 11.8 Å². The first kappa shape index (κ1) is 17.8. The zero-order chi connectivity index (χ0) is 18.7. The Bertz CT molecular complexity index is 816. The molecule has 0 aliphatic carbocycles. The van der Waals surface area contributed by atoms with E-state index in [9.17, 15) is 18.4 Å². The third-order valence-corrected chi connectivity index (χ3v) is 4.08. The largest absolute Gasteiger partial charge is 0.450 e. The first-order valence-electron chi connectivity index (χ1n) is 8.12. The van der Waals surface area contributed by atoms with Gasteiger partial charge in [0.2, 0.25) is 0 Å². The van der Waals surface area contributed by atoms with Crippen molar-refractivity contribution in [2.24, 2.45) is 0 Å². The highest BCUT2D eigenvalue weighted by Crippen LogP contribution is 2.26. The molecule has 0 N–H and O–H groups in total. The minimum absolute atomic E-state index is 0.0710. The van der Waals surface area contributed by atoms with E-state index in [0.29, 0.717) is 26.2 Å². The van der Waals surface area contributed by atoms with Crippen LogP contribution in [-0.4, -0.2) is 59.7 Å². The summed E-state index contributed by atoms with van der Waals surface area (Å²) in [6, 6.07) is 3.22. The number of nitrogens with zero attached hydrogens (tertiary/aromatic N) is 3. The van der Waals surface area contributed by atoms with Gasteiger partial charge in [0.1, 0.15) is 5.56 Å².